The van der Waals surface area contributed by atoms with Gasteiger partial charge in [-0.25, -0.2) is 8.78 Å². The average molecular weight is 282 g/mol. The summed E-state index contributed by atoms with van der Waals surface area (Å²) in [7, 11) is 0. The van der Waals surface area contributed by atoms with Crippen molar-refractivity contribution >= 4 is 0 Å². The Morgan fingerprint density at radius 2 is 1.60 bits per heavy atom. The quantitative estimate of drug-likeness (QED) is 0.383. The highest BCUT2D eigenvalue weighted by Crippen LogP contribution is 2.36. The van der Waals surface area contributed by atoms with E-state index in [4.69, 9.17) is 0 Å². The summed E-state index contributed by atoms with van der Waals surface area (Å²) in [5.74, 6) is -1.51. The molecule has 20 heavy (non-hydrogen) atoms. The molecule has 0 aliphatic rings. The van der Waals surface area contributed by atoms with Crippen LogP contribution in [0.25, 0.3) is 0 Å². The molecule has 0 heterocycles. The van der Waals surface area contributed by atoms with Crippen molar-refractivity contribution in [1.82, 2.24) is 0 Å². The van der Waals surface area contributed by atoms with Crippen molar-refractivity contribution in [2.45, 2.75) is 61.3 Å². The number of hydrogen-bond donors (Lipinski definition) is 0. The van der Waals surface area contributed by atoms with E-state index in [1.807, 2.05) is 47.6 Å². The van der Waals surface area contributed by atoms with Gasteiger partial charge in [-0.1, -0.05) is 51.5 Å². The van der Waals surface area contributed by atoms with Gasteiger partial charge in [-0.3, -0.25) is 0 Å². The van der Waals surface area contributed by atoms with Gasteiger partial charge in [0.05, 0.1) is 0 Å². The summed E-state index contributed by atoms with van der Waals surface area (Å²) in [6.45, 7) is 17.1. The highest BCUT2D eigenvalue weighted by atomic mass is 19.2. The maximum absolute atomic E-state index is 14.3. The normalized spacial score (nSPS) is 15.8. The minimum absolute atomic E-state index is 0.127. The smallest absolute Gasteiger partial charge is 0.158 e. The second kappa shape index (κ2) is 7.56. The predicted octanol–water partition coefficient (Wildman–Crippen LogP) is 6.82. The van der Waals surface area contributed by atoms with E-state index in [0.717, 1.165) is 23.6 Å². The van der Waals surface area contributed by atoms with Crippen molar-refractivity contribution in [1.29, 1.82) is 0 Å². The van der Waals surface area contributed by atoms with E-state index in [0.29, 0.717) is 18.4 Å². The molecule has 0 bridgehead atoms. The standard InChI is InChI=1S/C18H28F2/c1-9-12(3)15(10-2)16(17(20)14(5)19)11-13(4)18(6,7)8/h9H,4,10-11H2,1-3,5-8H3/b12-9?,16-15-,17-14-. The molecule has 0 aliphatic heterocycles. The van der Waals surface area contributed by atoms with Gasteiger partial charge in [0.1, 0.15) is 5.83 Å². The monoisotopic (exact) mass is 282 g/mol. The Bertz CT molecular complexity index is 450. The summed E-state index contributed by atoms with van der Waals surface area (Å²) in [6.07, 6.45) is 2.97. The van der Waals surface area contributed by atoms with Gasteiger partial charge in [0, 0.05) is 0 Å². The van der Waals surface area contributed by atoms with Gasteiger partial charge in [-0.2, -0.15) is 0 Å². The molecule has 0 spiro atoms. The van der Waals surface area contributed by atoms with Gasteiger partial charge >= 0.3 is 0 Å². The molecule has 0 fully saturated rings. The molecular formula is C18H28F2. The lowest BCUT2D eigenvalue weighted by atomic mass is 9.81. The average Bonchev–Trinajstić information content (AvgIpc) is 2.35. The second-order valence-corrected chi connectivity index (χ2v) is 6.16. The van der Waals surface area contributed by atoms with E-state index in [1.54, 1.807) is 0 Å². The molecule has 0 aromatic carbocycles. The summed E-state index contributed by atoms with van der Waals surface area (Å²) >= 11 is 0. The molecule has 0 saturated carbocycles. The van der Waals surface area contributed by atoms with E-state index in [1.165, 1.54) is 0 Å². The molecule has 114 valence electrons. The molecule has 2 heteroatoms. The Labute approximate surface area is 123 Å². The Balaban J connectivity index is 5.94. The maximum Gasteiger partial charge on any atom is 0.158 e. The summed E-state index contributed by atoms with van der Waals surface area (Å²) in [4.78, 5) is 0. The highest BCUT2D eigenvalue weighted by molar-refractivity contribution is 5.44. The minimum atomic E-state index is -0.767. The molecule has 0 rings (SSSR count). The topological polar surface area (TPSA) is 0 Å². The van der Waals surface area contributed by atoms with E-state index in [2.05, 4.69) is 6.58 Å². The third-order valence-corrected chi connectivity index (χ3v) is 3.65. The Kier molecular flexibility index (Phi) is 7.12. The highest BCUT2D eigenvalue weighted by Gasteiger charge is 2.21. The van der Waals surface area contributed by atoms with Crippen LogP contribution in [0.15, 0.2) is 46.6 Å². The van der Waals surface area contributed by atoms with E-state index >= 15 is 0 Å². The second-order valence-electron chi connectivity index (χ2n) is 6.16. The van der Waals surface area contributed by atoms with Gasteiger partial charge in [-0.05, 0) is 50.2 Å². The van der Waals surface area contributed by atoms with Crippen LogP contribution in [0.2, 0.25) is 0 Å². The van der Waals surface area contributed by atoms with Gasteiger partial charge in [0.25, 0.3) is 0 Å². The van der Waals surface area contributed by atoms with Crippen molar-refractivity contribution in [3.05, 3.63) is 46.6 Å². The van der Waals surface area contributed by atoms with Crippen LogP contribution in [0.4, 0.5) is 8.78 Å². The van der Waals surface area contributed by atoms with Crippen LogP contribution in [-0.4, -0.2) is 0 Å². The minimum Gasteiger partial charge on any atom is -0.209 e. The third kappa shape index (κ3) is 5.07. The van der Waals surface area contributed by atoms with E-state index < -0.39 is 11.7 Å². The zero-order chi connectivity index (χ0) is 16.1. The first-order chi connectivity index (χ1) is 9.06. The van der Waals surface area contributed by atoms with Gasteiger partial charge in [0.2, 0.25) is 0 Å². The summed E-state index contributed by atoms with van der Waals surface area (Å²) in [5.41, 5.74) is 3.06. The third-order valence-electron chi connectivity index (χ3n) is 3.65. The first kappa shape index (κ1) is 18.8. The lowest BCUT2D eigenvalue weighted by Crippen LogP contribution is -2.10. The number of hydrogen-bond acceptors (Lipinski definition) is 0. The van der Waals surface area contributed by atoms with Crippen molar-refractivity contribution in [3.8, 4) is 0 Å². The van der Waals surface area contributed by atoms with Crippen LogP contribution in [0.1, 0.15) is 61.3 Å². The number of halogens is 2. The fourth-order valence-corrected chi connectivity index (χ4v) is 1.91. The molecule has 0 amide bonds. The van der Waals surface area contributed by atoms with Crippen molar-refractivity contribution in [3.63, 3.8) is 0 Å². The van der Waals surface area contributed by atoms with Crippen LogP contribution < -0.4 is 0 Å². The van der Waals surface area contributed by atoms with Crippen LogP contribution in [-0.2, 0) is 0 Å². The van der Waals surface area contributed by atoms with Crippen LogP contribution >= 0.6 is 0 Å². The van der Waals surface area contributed by atoms with Crippen LogP contribution in [0.3, 0.4) is 0 Å². The molecule has 0 atom stereocenters. The molecule has 0 radical (unpaired) electrons. The zero-order valence-corrected chi connectivity index (χ0v) is 14.0. The molecule has 0 aromatic rings. The largest absolute Gasteiger partial charge is 0.209 e. The van der Waals surface area contributed by atoms with Crippen molar-refractivity contribution in [2.75, 3.05) is 0 Å². The van der Waals surface area contributed by atoms with Crippen molar-refractivity contribution < 1.29 is 8.78 Å². The van der Waals surface area contributed by atoms with Gasteiger partial charge < -0.3 is 0 Å². The molecule has 0 aliphatic carbocycles. The molecule has 0 unspecified atom stereocenters. The summed E-state index contributed by atoms with van der Waals surface area (Å²) in [6, 6.07) is 0. The fraction of sp³-hybridized carbons (Fsp3) is 0.556. The molecule has 0 saturated heterocycles. The predicted molar refractivity (Wildman–Crippen MR) is 84.9 cm³/mol. The molecule has 0 N–H and O–H groups in total. The number of allylic oxidation sites excluding steroid dienone is 7. The molecule has 0 nitrogen and oxygen atoms in total. The molecule has 0 aromatic heterocycles. The zero-order valence-electron chi connectivity index (χ0n) is 14.0. The number of rotatable bonds is 5. The first-order valence-corrected chi connectivity index (χ1v) is 7.12. The first-order valence-electron chi connectivity index (χ1n) is 7.12. The Hall–Kier alpha value is -1.18. The van der Waals surface area contributed by atoms with Crippen LogP contribution in [0.5, 0.6) is 0 Å². The lowest BCUT2D eigenvalue weighted by Gasteiger charge is -2.24. The van der Waals surface area contributed by atoms with E-state index in [9.17, 15) is 8.78 Å². The van der Waals surface area contributed by atoms with E-state index in [-0.39, 0.29) is 5.41 Å². The van der Waals surface area contributed by atoms with Gasteiger partial charge in [-0.15, -0.1) is 0 Å². The maximum atomic E-state index is 14.3. The summed E-state index contributed by atoms with van der Waals surface area (Å²) in [5, 5.41) is 0. The Morgan fingerprint density at radius 3 is 1.90 bits per heavy atom. The van der Waals surface area contributed by atoms with Crippen LogP contribution in [0, 0.1) is 5.41 Å². The van der Waals surface area contributed by atoms with Crippen molar-refractivity contribution in [2.24, 2.45) is 5.41 Å². The SMILES string of the molecule is C=C(CC(=C(\CC)C(C)=CC)/C(F)=C(\C)F)C(C)(C)C. The Morgan fingerprint density at radius 1 is 1.10 bits per heavy atom. The van der Waals surface area contributed by atoms with Gasteiger partial charge in [0.15, 0.2) is 5.83 Å². The lowest BCUT2D eigenvalue weighted by molar-refractivity contribution is 0.485. The summed E-state index contributed by atoms with van der Waals surface area (Å²) < 4.78 is 27.6. The fourth-order valence-electron chi connectivity index (χ4n) is 1.91. The molecular weight excluding hydrogens is 254 g/mol.